The molecule has 1 amide bonds. The normalized spacial score (nSPS) is 16.2. The summed E-state index contributed by atoms with van der Waals surface area (Å²) in [6.45, 7) is 7.02. The van der Waals surface area contributed by atoms with Crippen molar-refractivity contribution in [3.63, 3.8) is 0 Å². The van der Waals surface area contributed by atoms with Crippen LogP contribution >= 0.6 is 0 Å². The summed E-state index contributed by atoms with van der Waals surface area (Å²) in [5.74, 6) is 0.580. The van der Waals surface area contributed by atoms with Crippen molar-refractivity contribution >= 4 is 11.6 Å². The van der Waals surface area contributed by atoms with E-state index in [2.05, 4.69) is 4.90 Å². The first-order chi connectivity index (χ1) is 8.58. The fraction of sp³-hybridized carbons (Fsp3) is 0.500. The fourth-order valence-electron chi connectivity index (χ4n) is 2.24. The predicted molar refractivity (Wildman–Crippen MR) is 71.7 cm³/mol. The van der Waals surface area contributed by atoms with Crippen molar-refractivity contribution in [2.24, 2.45) is 5.92 Å². The van der Waals surface area contributed by atoms with Gasteiger partial charge in [0, 0.05) is 43.9 Å². The van der Waals surface area contributed by atoms with Crippen LogP contribution in [0.5, 0.6) is 5.75 Å². The SMILES string of the molecule is CC(C)C(=O)N1CCN(c2cccc(O)c2)CC1. The van der Waals surface area contributed by atoms with Gasteiger partial charge in [0.2, 0.25) is 5.91 Å². The van der Waals surface area contributed by atoms with E-state index in [4.69, 9.17) is 0 Å². The third-order valence-corrected chi connectivity index (χ3v) is 3.28. The molecule has 4 heteroatoms. The van der Waals surface area contributed by atoms with E-state index in [0.717, 1.165) is 31.9 Å². The topological polar surface area (TPSA) is 43.8 Å². The number of benzene rings is 1. The number of carbonyl (C=O) groups is 1. The number of rotatable bonds is 2. The predicted octanol–water partition coefficient (Wildman–Crippen LogP) is 1.70. The molecule has 1 aliphatic rings. The van der Waals surface area contributed by atoms with E-state index in [9.17, 15) is 9.90 Å². The van der Waals surface area contributed by atoms with Crippen molar-refractivity contribution in [1.29, 1.82) is 0 Å². The summed E-state index contributed by atoms with van der Waals surface area (Å²) < 4.78 is 0. The number of carbonyl (C=O) groups excluding carboxylic acids is 1. The van der Waals surface area contributed by atoms with Gasteiger partial charge in [0.05, 0.1) is 0 Å². The molecule has 0 unspecified atom stereocenters. The van der Waals surface area contributed by atoms with E-state index < -0.39 is 0 Å². The summed E-state index contributed by atoms with van der Waals surface area (Å²) in [5.41, 5.74) is 1.02. The zero-order chi connectivity index (χ0) is 13.1. The molecule has 0 bridgehead atoms. The average molecular weight is 248 g/mol. The number of phenolic OH excluding ortho intramolecular Hbond substituents is 1. The number of nitrogens with zero attached hydrogens (tertiary/aromatic N) is 2. The van der Waals surface area contributed by atoms with Crippen LogP contribution < -0.4 is 4.90 Å². The highest BCUT2D eigenvalue weighted by molar-refractivity contribution is 5.78. The second-order valence-electron chi connectivity index (χ2n) is 4.99. The standard InChI is InChI=1S/C14H20N2O2/c1-11(2)14(18)16-8-6-15(7-9-16)12-4-3-5-13(17)10-12/h3-5,10-11,17H,6-9H2,1-2H3. The highest BCUT2D eigenvalue weighted by Crippen LogP contribution is 2.21. The van der Waals surface area contributed by atoms with Crippen LogP contribution in [0.15, 0.2) is 24.3 Å². The molecule has 0 aliphatic carbocycles. The molecular weight excluding hydrogens is 228 g/mol. The molecular formula is C14H20N2O2. The maximum atomic E-state index is 11.9. The Labute approximate surface area is 108 Å². The lowest BCUT2D eigenvalue weighted by atomic mass is 10.1. The Bertz CT molecular complexity index is 424. The van der Waals surface area contributed by atoms with E-state index >= 15 is 0 Å². The summed E-state index contributed by atoms with van der Waals surface area (Å²) >= 11 is 0. The van der Waals surface area contributed by atoms with E-state index in [1.165, 1.54) is 0 Å². The molecule has 2 rings (SSSR count). The van der Waals surface area contributed by atoms with Crippen LogP contribution in [0.4, 0.5) is 5.69 Å². The Morgan fingerprint density at radius 2 is 1.89 bits per heavy atom. The molecule has 1 N–H and O–H groups in total. The molecule has 4 nitrogen and oxygen atoms in total. The third kappa shape index (κ3) is 2.75. The summed E-state index contributed by atoms with van der Waals surface area (Å²) in [6, 6.07) is 7.26. The maximum Gasteiger partial charge on any atom is 0.225 e. The third-order valence-electron chi connectivity index (χ3n) is 3.28. The lowest BCUT2D eigenvalue weighted by Gasteiger charge is -2.36. The second-order valence-corrected chi connectivity index (χ2v) is 4.99. The molecule has 0 spiro atoms. The van der Waals surface area contributed by atoms with Crippen LogP contribution in [0.1, 0.15) is 13.8 Å². The molecule has 0 aromatic heterocycles. The molecule has 1 heterocycles. The zero-order valence-electron chi connectivity index (χ0n) is 11.0. The molecule has 1 aliphatic heterocycles. The van der Waals surface area contributed by atoms with Crippen LogP contribution in [-0.2, 0) is 4.79 Å². The maximum absolute atomic E-state index is 11.9. The van der Waals surface area contributed by atoms with Gasteiger partial charge in [-0.1, -0.05) is 19.9 Å². The molecule has 18 heavy (non-hydrogen) atoms. The number of aromatic hydroxyl groups is 1. The average Bonchev–Trinajstić information content (AvgIpc) is 2.38. The molecule has 1 saturated heterocycles. The lowest BCUT2D eigenvalue weighted by Crippen LogP contribution is -2.49. The minimum atomic E-state index is 0.0670. The highest BCUT2D eigenvalue weighted by Gasteiger charge is 2.22. The van der Waals surface area contributed by atoms with E-state index in [-0.39, 0.29) is 17.6 Å². The van der Waals surface area contributed by atoms with Gasteiger partial charge in [-0.2, -0.15) is 0 Å². The van der Waals surface area contributed by atoms with Crippen molar-refractivity contribution in [1.82, 2.24) is 4.90 Å². The van der Waals surface area contributed by atoms with Crippen LogP contribution in [0.2, 0.25) is 0 Å². The monoisotopic (exact) mass is 248 g/mol. The number of hydrogen-bond donors (Lipinski definition) is 1. The smallest absolute Gasteiger partial charge is 0.225 e. The molecule has 1 aromatic carbocycles. The van der Waals surface area contributed by atoms with Gasteiger partial charge < -0.3 is 14.9 Å². The Kier molecular flexibility index (Phi) is 3.75. The van der Waals surface area contributed by atoms with Crippen molar-refractivity contribution in [2.45, 2.75) is 13.8 Å². The van der Waals surface area contributed by atoms with E-state index in [0.29, 0.717) is 0 Å². The summed E-state index contributed by atoms with van der Waals surface area (Å²) in [5, 5.41) is 9.47. The highest BCUT2D eigenvalue weighted by atomic mass is 16.3. The molecule has 0 atom stereocenters. The number of hydrogen-bond acceptors (Lipinski definition) is 3. The number of phenols is 1. The quantitative estimate of drug-likeness (QED) is 0.866. The Morgan fingerprint density at radius 3 is 2.44 bits per heavy atom. The van der Waals surface area contributed by atoms with Crippen LogP contribution in [0.3, 0.4) is 0 Å². The first-order valence-electron chi connectivity index (χ1n) is 6.40. The van der Waals surface area contributed by atoms with Crippen molar-refractivity contribution in [2.75, 3.05) is 31.1 Å². The van der Waals surface area contributed by atoms with Gasteiger partial charge in [-0.05, 0) is 12.1 Å². The van der Waals surface area contributed by atoms with Crippen LogP contribution in [-0.4, -0.2) is 42.1 Å². The molecule has 0 saturated carbocycles. The molecule has 1 aromatic rings. The van der Waals surface area contributed by atoms with Crippen LogP contribution in [0.25, 0.3) is 0 Å². The lowest BCUT2D eigenvalue weighted by molar-refractivity contribution is -0.134. The van der Waals surface area contributed by atoms with Gasteiger partial charge in [-0.15, -0.1) is 0 Å². The van der Waals surface area contributed by atoms with E-state index in [1.807, 2.05) is 30.9 Å². The minimum Gasteiger partial charge on any atom is -0.508 e. The summed E-state index contributed by atoms with van der Waals surface area (Å²) in [7, 11) is 0. The Morgan fingerprint density at radius 1 is 1.22 bits per heavy atom. The Hall–Kier alpha value is -1.71. The number of anilines is 1. The first-order valence-corrected chi connectivity index (χ1v) is 6.40. The number of amides is 1. The van der Waals surface area contributed by atoms with Gasteiger partial charge in [0.25, 0.3) is 0 Å². The number of piperazine rings is 1. The molecule has 98 valence electrons. The molecule has 1 fully saturated rings. The van der Waals surface area contributed by atoms with Crippen molar-refractivity contribution < 1.29 is 9.90 Å². The summed E-state index contributed by atoms with van der Waals surface area (Å²) in [4.78, 5) is 16.0. The van der Waals surface area contributed by atoms with Gasteiger partial charge >= 0.3 is 0 Å². The Balaban J connectivity index is 1.96. The zero-order valence-corrected chi connectivity index (χ0v) is 11.0. The van der Waals surface area contributed by atoms with E-state index in [1.54, 1.807) is 12.1 Å². The van der Waals surface area contributed by atoms with Crippen molar-refractivity contribution in [3.05, 3.63) is 24.3 Å². The minimum absolute atomic E-state index is 0.0670. The van der Waals surface area contributed by atoms with Crippen molar-refractivity contribution in [3.8, 4) is 5.75 Å². The fourth-order valence-corrected chi connectivity index (χ4v) is 2.24. The van der Waals surface area contributed by atoms with Gasteiger partial charge in [0.1, 0.15) is 5.75 Å². The van der Waals surface area contributed by atoms with Gasteiger partial charge in [0.15, 0.2) is 0 Å². The van der Waals surface area contributed by atoms with Gasteiger partial charge in [-0.3, -0.25) is 4.79 Å². The van der Waals surface area contributed by atoms with Gasteiger partial charge in [-0.25, -0.2) is 0 Å². The molecule has 0 radical (unpaired) electrons. The first kappa shape index (κ1) is 12.7. The van der Waals surface area contributed by atoms with Crippen LogP contribution in [0, 0.1) is 5.92 Å². The second kappa shape index (κ2) is 5.29. The summed E-state index contributed by atoms with van der Waals surface area (Å²) in [6.07, 6.45) is 0. The largest absolute Gasteiger partial charge is 0.508 e.